The third-order valence-electron chi connectivity index (χ3n) is 4.34. The summed E-state index contributed by atoms with van der Waals surface area (Å²) in [4.78, 5) is 8.10. The van der Waals surface area contributed by atoms with Crippen molar-refractivity contribution < 1.29 is 13.2 Å². The molecular weight excluding hydrogens is 343 g/mol. The Balaban J connectivity index is 2.11. The minimum absolute atomic E-state index is 0.108. The van der Waals surface area contributed by atoms with Gasteiger partial charge in [-0.1, -0.05) is 13.8 Å². The number of fused-ring (bicyclic) bond motifs is 2. The predicted molar refractivity (Wildman–Crippen MR) is 92.3 cm³/mol. The molecule has 3 aromatic heterocycles. The Hall–Kier alpha value is -2.90. The van der Waals surface area contributed by atoms with Crippen LogP contribution in [0.3, 0.4) is 0 Å². The van der Waals surface area contributed by atoms with Gasteiger partial charge in [0, 0.05) is 11.1 Å². The second-order valence-corrected chi connectivity index (χ2v) is 6.59. The van der Waals surface area contributed by atoms with Crippen LogP contribution in [0.4, 0.5) is 13.2 Å². The molecule has 0 radical (unpaired) electrons. The number of aryl methyl sites for hydroxylation is 1. The maximum absolute atomic E-state index is 13.7. The first kappa shape index (κ1) is 16.6. The molecule has 0 aliphatic heterocycles. The van der Waals surface area contributed by atoms with Gasteiger partial charge in [-0.05, 0) is 42.7 Å². The third kappa shape index (κ3) is 2.53. The molecule has 0 atom stereocenters. The Morgan fingerprint density at radius 3 is 2.58 bits per heavy atom. The standard InChI is InChI=1S/C18H16F3N5/c1-9(2)13-7-12(6-11-8-22-25-15(11)13)26-16-14(5-4-10(3)23-16)24-17(26)18(19,20)21/h4-9H,1-3H3,(H,22,25). The van der Waals surface area contributed by atoms with Crippen LogP contribution < -0.4 is 0 Å². The Labute approximate surface area is 146 Å². The summed E-state index contributed by atoms with van der Waals surface area (Å²) in [6, 6.07) is 6.62. The van der Waals surface area contributed by atoms with Gasteiger partial charge in [-0.15, -0.1) is 0 Å². The molecule has 1 aromatic carbocycles. The molecule has 0 saturated carbocycles. The Morgan fingerprint density at radius 1 is 1.12 bits per heavy atom. The van der Waals surface area contributed by atoms with E-state index in [-0.39, 0.29) is 17.1 Å². The van der Waals surface area contributed by atoms with Gasteiger partial charge in [0.2, 0.25) is 5.82 Å². The van der Waals surface area contributed by atoms with Crippen molar-refractivity contribution in [2.24, 2.45) is 0 Å². The van der Waals surface area contributed by atoms with E-state index >= 15 is 0 Å². The molecule has 0 aliphatic rings. The lowest BCUT2D eigenvalue weighted by molar-refractivity contribution is -0.145. The number of imidazole rings is 1. The number of nitrogens with zero attached hydrogens (tertiary/aromatic N) is 4. The van der Waals surface area contributed by atoms with Crippen LogP contribution in [0.15, 0.2) is 30.5 Å². The van der Waals surface area contributed by atoms with Crippen LogP contribution in [0.2, 0.25) is 0 Å². The number of aromatic amines is 1. The van der Waals surface area contributed by atoms with E-state index in [1.165, 1.54) is 0 Å². The molecule has 8 heteroatoms. The van der Waals surface area contributed by atoms with Crippen LogP contribution in [0.1, 0.15) is 36.8 Å². The normalized spacial score (nSPS) is 12.6. The van der Waals surface area contributed by atoms with Crippen LogP contribution in [-0.4, -0.2) is 24.7 Å². The maximum Gasteiger partial charge on any atom is 0.450 e. The average molecular weight is 359 g/mol. The van der Waals surface area contributed by atoms with Crippen LogP contribution in [0.5, 0.6) is 0 Å². The molecular formula is C18H16F3N5. The molecule has 0 amide bonds. The molecule has 0 saturated heterocycles. The van der Waals surface area contributed by atoms with Gasteiger partial charge in [0.1, 0.15) is 5.52 Å². The second-order valence-electron chi connectivity index (χ2n) is 6.59. The summed E-state index contributed by atoms with van der Waals surface area (Å²) in [5, 5.41) is 7.69. The molecule has 134 valence electrons. The van der Waals surface area contributed by atoms with Crippen molar-refractivity contribution in [2.75, 3.05) is 0 Å². The van der Waals surface area contributed by atoms with E-state index in [4.69, 9.17) is 0 Å². The highest BCUT2D eigenvalue weighted by Gasteiger charge is 2.38. The Kier molecular flexibility index (Phi) is 3.54. The van der Waals surface area contributed by atoms with Crippen LogP contribution in [-0.2, 0) is 6.18 Å². The highest BCUT2D eigenvalue weighted by molar-refractivity contribution is 5.85. The van der Waals surface area contributed by atoms with Crippen molar-refractivity contribution in [3.8, 4) is 5.69 Å². The molecule has 0 unspecified atom stereocenters. The Morgan fingerprint density at radius 2 is 1.88 bits per heavy atom. The first-order valence-corrected chi connectivity index (χ1v) is 8.16. The average Bonchev–Trinajstić information content (AvgIpc) is 3.16. The van der Waals surface area contributed by atoms with E-state index in [2.05, 4.69) is 20.2 Å². The molecule has 26 heavy (non-hydrogen) atoms. The van der Waals surface area contributed by atoms with Crippen molar-refractivity contribution in [3.05, 3.63) is 47.5 Å². The van der Waals surface area contributed by atoms with Gasteiger partial charge in [0.05, 0.1) is 17.4 Å². The topological polar surface area (TPSA) is 59.4 Å². The minimum Gasteiger partial charge on any atom is -0.278 e. The van der Waals surface area contributed by atoms with E-state index < -0.39 is 12.0 Å². The fourth-order valence-corrected chi connectivity index (χ4v) is 3.14. The predicted octanol–water partition coefficient (Wildman–Crippen LogP) is 4.75. The van der Waals surface area contributed by atoms with E-state index in [1.807, 2.05) is 13.8 Å². The second kappa shape index (κ2) is 5.55. The number of hydrogen-bond acceptors (Lipinski definition) is 3. The molecule has 0 spiro atoms. The lowest BCUT2D eigenvalue weighted by atomic mass is 10.00. The molecule has 1 N–H and O–H groups in total. The van der Waals surface area contributed by atoms with Gasteiger partial charge in [-0.25, -0.2) is 9.97 Å². The zero-order chi connectivity index (χ0) is 18.6. The summed E-state index contributed by atoms with van der Waals surface area (Å²) in [5.41, 5.74) is 3.11. The lowest BCUT2D eigenvalue weighted by Crippen LogP contribution is -2.14. The number of H-pyrrole nitrogens is 1. The highest BCUT2D eigenvalue weighted by Crippen LogP contribution is 2.35. The highest BCUT2D eigenvalue weighted by atomic mass is 19.4. The summed E-state index contributed by atoms with van der Waals surface area (Å²) in [7, 11) is 0. The molecule has 4 aromatic rings. The zero-order valence-corrected chi connectivity index (χ0v) is 14.4. The van der Waals surface area contributed by atoms with Gasteiger partial charge < -0.3 is 0 Å². The number of aromatic nitrogens is 5. The van der Waals surface area contributed by atoms with Gasteiger partial charge >= 0.3 is 6.18 Å². The first-order chi connectivity index (χ1) is 12.3. The fourth-order valence-electron chi connectivity index (χ4n) is 3.14. The number of alkyl halides is 3. The fraction of sp³-hybridized carbons (Fsp3) is 0.278. The Bertz CT molecular complexity index is 1120. The van der Waals surface area contributed by atoms with E-state index in [0.717, 1.165) is 21.0 Å². The number of halogens is 3. The smallest absolute Gasteiger partial charge is 0.278 e. The summed E-state index contributed by atoms with van der Waals surface area (Å²) in [6.45, 7) is 5.71. The molecule has 0 fully saturated rings. The quantitative estimate of drug-likeness (QED) is 0.562. The van der Waals surface area contributed by atoms with E-state index in [0.29, 0.717) is 11.4 Å². The van der Waals surface area contributed by atoms with E-state index in [9.17, 15) is 13.2 Å². The SMILES string of the molecule is Cc1ccc2nc(C(F)(F)F)n(-c3cc(C(C)C)c4[nH]ncc4c3)c2n1. The summed E-state index contributed by atoms with van der Waals surface area (Å²) in [5.74, 6) is -0.875. The van der Waals surface area contributed by atoms with Crippen molar-refractivity contribution in [1.82, 2.24) is 24.7 Å². The largest absolute Gasteiger partial charge is 0.450 e. The zero-order valence-electron chi connectivity index (χ0n) is 14.4. The number of benzene rings is 1. The van der Waals surface area contributed by atoms with Crippen molar-refractivity contribution in [3.63, 3.8) is 0 Å². The molecule has 4 rings (SSSR count). The van der Waals surface area contributed by atoms with Crippen molar-refractivity contribution in [2.45, 2.75) is 32.9 Å². The van der Waals surface area contributed by atoms with Gasteiger partial charge in [0.25, 0.3) is 0 Å². The number of nitrogens with one attached hydrogen (secondary N) is 1. The number of hydrogen-bond donors (Lipinski definition) is 1. The van der Waals surface area contributed by atoms with Gasteiger partial charge in [-0.2, -0.15) is 18.3 Å². The number of rotatable bonds is 2. The summed E-state index contributed by atoms with van der Waals surface area (Å²) in [6.07, 6.45) is -2.99. The van der Waals surface area contributed by atoms with Gasteiger partial charge in [-0.3, -0.25) is 9.67 Å². The van der Waals surface area contributed by atoms with Crippen molar-refractivity contribution in [1.29, 1.82) is 0 Å². The molecule has 3 heterocycles. The van der Waals surface area contributed by atoms with Gasteiger partial charge in [0.15, 0.2) is 5.65 Å². The summed E-state index contributed by atoms with van der Waals surface area (Å²) < 4.78 is 42.1. The minimum atomic E-state index is -4.60. The van der Waals surface area contributed by atoms with Crippen LogP contribution in [0, 0.1) is 6.92 Å². The lowest BCUT2D eigenvalue weighted by Gasteiger charge is -2.14. The van der Waals surface area contributed by atoms with Crippen LogP contribution in [0.25, 0.3) is 27.8 Å². The van der Waals surface area contributed by atoms with E-state index in [1.54, 1.807) is 37.4 Å². The summed E-state index contributed by atoms with van der Waals surface area (Å²) >= 11 is 0. The first-order valence-electron chi connectivity index (χ1n) is 8.16. The monoisotopic (exact) mass is 359 g/mol. The molecule has 0 bridgehead atoms. The van der Waals surface area contributed by atoms with Crippen LogP contribution >= 0.6 is 0 Å². The maximum atomic E-state index is 13.7. The molecule has 0 aliphatic carbocycles. The molecule has 5 nitrogen and oxygen atoms in total. The van der Waals surface area contributed by atoms with Crippen molar-refractivity contribution >= 4 is 22.1 Å². The third-order valence-corrected chi connectivity index (χ3v) is 4.34. The number of pyridine rings is 1.